The van der Waals surface area contributed by atoms with Crippen molar-refractivity contribution in [3.63, 3.8) is 0 Å². The first-order chi connectivity index (χ1) is 9.04. The van der Waals surface area contributed by atoms with Crippen LogP contribution in [-0.2, 0) is 0 Å². The van der Waals surface area contributed by atoms with E-state index in [4.69, 9.17) is 22.1 Å². The molecule has 1 aliphatic carbocycles. The second-order valence-corrected chi connectivity index (χ2v) is 5.46. The summed E-state index contributed by atoms with van der Waals surface area (Å²) in [6, 6.07) is 5.55. The Bertz CT molecular complexity index is 615. The molecule has 1 amide bonds. The molecule has 96 valence electrons. The lowest BCUT2D eigenvalue weighted by molar-refractivity contribution is 0.0724. The van der Waals surface area contributed by atoms with E-state index >= 15 is 0 Å². The lowest BCUT2D eigenvalue weighted by Gasteiger charge is -2.24. The Kier molecular flexibility index (Phi) is 3.75. The molecule has 0 saturated heterocycles. The summed E-state index contributed by atoms with van der Waals surface area (Å²) >= 11 is 9.12. The van der Waals surface area contributed by atoms with Crippen LogP contribution >= 0.6 is 27.5 Å². The molecular weight excluding hydrogens is 332 g/mol. The molecule has 1 aliphatic rings. The van der Waals surface area contributed by atoms with Crippen LogP contribution in [0.4, 0.5) is 0 Å². The standard InChI is InChI=1S/C12H8BrClN4O/c13-8-5-9(10(14)17-6-8)11(19)18(4-3-15)12(7-16)1-2-12/h5-6H,1-2,4H2. The maximum absolute atomic E-state index is 12.4. The Morgan fingerprint density at radius 1 is 1.58 bits per heavy atom. The minimum absolute atomic E-state index is 0.0601. The normalized spacial score (nSPS) is 15.2. The van der Waals surface area contributed by atoms with Crippen molar-refractivity contribution in [2.75, 3.05) is 6.54 Å². The van der Waals surface area contributed by atoms with Gasteiger partial charge in [-0.1, -0.05) is 11.6 Å². The van der Waals surface area contributed by atoms with Crippen LogP contribution in [0.1, 0.15) is 23.2 Å². The zero-order valence-corrected chi connectivity index (χ0v) is 12.1. The van der Waals surface area contributed by atoms with Gasteiger partial charge in [0.2, 0.25) is 0 Å². The van der Waals surface area contributed by atoms with Gasteiger partial charge in [-0.15, -0.1) is 0 Å². The van der Waals surface area contributed by atoms with E-state index in [1.165, 1.54) is 17.2 Å². The van der Waals surface area contributed by atoms with Gasteiger partial charge >= 0.3 is 0 Å². The lowest BCUT2D eigenvalue weighted by atomic mass is 10.2. The highest BCUT2D eigenvalue weighted by atomic mass is 79.9. The molecule has 0 spiro atoms. The summed E-state index contributed by atoms with van der Waals surface area (Å²) in [6.45, 7) is -0.144. The Morgan fingerprint density at radius 3 is 2.79 bits per heavy atom. The average molecular weight is 340 g/mol. The Hall–Kier alpha value is -1.63. The van der Waals surface area contributed by atoms with Crippen molar-refractivity contribution in [3.8, 4) is 12.1 Å². The molecule has 0 atom stereocenters. The molecule has 1 aromatic rings. The van der Waals surface area contributed by atoms with E-state index in [2.05, 4.69) is 27.0 Å². The predicted octanol–water partition coefficient (Wildman–Crippen LogP) is 2.52. The van der Waals surface area contributed by atoms with Gasteiger partial charge in [0.25, 0.3) is 5.91 Å². The molecule has 2 rings (SSSR count). The SMILES string of the molecule is N#CCN(C(=O)c1cc(Br)cnc1Cl)C1(C#N)CC1. The molecule has 0 aromatic carbocycles. The number of carbonyl (C=O) groups excluding carboxylic acids is 1. The summed E-state index contributed by atoms with van der Waals surface area (Å²) in [7, 11) is 0. The summed E-state index contributed by atoms with van der Waals surface area (Å²) < 4.78 is 0.610. The molecule has 5 nitrogen and oxygen atoms in total. The van der Waals surface area contributed by atoms with Crippen molar-refractivity contribution in [3.05, 3.63) is 27.5 Å². The second-order valence-electron chi connectivity index (χ2n) is 4.18. The molecule has 1 heterocycles. The van der Waals surface area contributed by atoms with Crippen LogP contribution in [0.2, 0.25) is 5.15 Å². The van der Waals surface area contributed by atoms with Crippen LogP contribution in [0.5, 0.6) is 0 Å². The molecule has 0 unspecified atom stereocenters. The molecule has 0 radical (unpaired) electrons. The van der Waals surface area contributed by atoms with Gasteiger partial charge in [-0.05, 0) is 34.8 Å². The van der Waals surface area contributed by atoms with Gasteiger partial charge in [0.1, 0.15) is 17.2 Å². The number of pyridine rings is 1. The number of amides is 1. The Labute approximate surface area is 123 Å². The number of carbonyl (C=O) groups is 1. The summed E-state index contributed by atoms with van der Waals surface area (Å²) in [5.41, 5.74) is -0.675. The predicted molar refractivity (Wildman–Crippen MR) is 71.2 cm³/mol. The average Bonchev–Trinajstić information content (AvgIpc) is 3.19. The van der Waals surface area contributed by atoms with Crippen LogP contribution in [0, 0.1) is 22.7 Å². The molecule has 0 N–H and O–H groups in total. The minimum Gasteiger partial charge on any atom is -0.306 e. The summed E-state index contributed by atoms with van der Waals surface area (Å²) in [4.78, 5) is 17.6. The fourth-order valence-electron chi connectivity index (χ4n) is 1.77. The third kappa shape index (κ3) is 2.56. The van der Waals surface area contributed by atoms with E-state index in [1.807, 2.05) is 6.07 Å². The minimum atomic E-state index is -0.863. The van der Waals surface area contributed by atoms with E-state index in [0.29, 0.717) is 17.3 Å². The number of rotatable bonds is 3. The van der Waals surface area contributed by atoms with E-state index < -0.39 is 11.4 Å². The highest BCUT2D eigenvalue weighted by Gasteiger charge is 2.51. The van der Waals surface area contributed by atoms with Crippen molar-refractivity contribution in [1.82, 2.24) is 9.88 Å². The summed E-state index contributed by atoms with van der Waals surface area (Å²) in [5.74, 6) is -0.445. The Morgan fingerprint density at radius 2 is 2.26 bits per heavy atom. The van der Waals surface area contributed by atoms with Gasteiger partial charge in [-0.25, -0.2) is 4.98 Å². The fourth-order valence-corrected chi connectivity index (χ4v) is 2.28. The van der Waals surface area contributed by atoms with Gasteiger partial charge in [0.15, 0.2) is 0 Å². The number of halogens is 2. The lowest BCUT2D eigenvalue weighted by Crippen LogP contribution is -2.41. The van der Waals surface area contributed by atoms with Crippen LogP contribution < -0.4 is 0 Å². The van der Waals surface area contributed by atoms with Crippen LogP contribution in [0.3, 0.4) is 0 Å². The maximum Gasteiger partial charge on any atom is 0.259 e. The van der Waals surface area contributed by atoms with Crippen molar-refractivity contribution < 1.29 is 4.79 Å². The number of hydrogen-bond acceptors (Lipinski definition) is 4. The highest BCUT2D eigenvalue weighted by molar-refractivity contribution is 9.10. The number of aromatic nitrogens is 1. The van der Waals surface area contributed by atoms with E-state index in [0.717, 1.165) is 0 Å². The second kappa shape index (κ2) is 5.16. The quantitative estimate of drug-likeness (QED) is 0.626. The summed E-state index contributed by atoms with van der Waals surface area (Å²) in [6.07, 6.45) is 2.64. The van der Waals surface area contributed by atoms with Crippen LogP contribution in [-0.4, -0.2) is 27.9 Å². The van der Waals surface area contributed by atoms with E-state index in [-0.39, 0.29) is 17.3 Å². The number of nitrogens with zero attached hydrogens (tertiary/aromatic N) is 4. The van der Waals surface area contributed by atoms with Gasteiger partial charge in [-0.3, -0.25) is 4.79 Å². The van der Waals surface area contributed by atoms with E-state index in [1.54, 1.807) is 0 Å². The smallest absolute Gasteiger partial charge is 0.259 e. The Balaban J connectivity index is 2.38. The monoisotopic (exact) mass is 338 g/mol. The topological polar surface area (TPSA) is 80.8 Å². The molecule has 0 bridgehead atoms. The summed E-state index contributed by atoms with van der Waals surface area (Å²) in [5, 5.41) is 18.1. The van der Waals surface area contributed by atoms with Crippen molar-refractivity contribution in [2.24, 2.45) is 0 Å². The number of nitriles is 2. The molecule has 19 heavy (non-hydrogen) atoms. The largest absolute Gasteiger partial charge is 0.306 e. The molecule has 1 fully saturated rings. The number of hydrogen-bond donors (Lipinski definition) is 0. The third-order valence-electron chi connectivity index (χ3n) is 2.96. The zero-order chi connectivity index (χ0) is 14.0. The third-order valence-corrected chi connectivity index (χ3v) is 3.69. The maximum atomic E-state index is 12.4. The van der Waals surface area contributed by atoms with Gasteiger partial charge < -0.3 is 4.90 Å². The van der Waals surface area contributed by atoms with Crippen molar-refractivity contribution in [2.45, 2.75) is 18.4 Å². The molecule has 7 heteroatoms. The van der Waals surface area contributed by atoms with Crippen LogP contribution in [0.15, 0.2) is 16.7 Å². The molecule has 1 aromatic heterocycles. The molecule has 1 saturated carbocycles. The zero-order valence-electron chi connectivity index (χ0n) is 9.73. The molecule has 0 aliphatic heterocycles. The van der Waals surface area contributed by atoms with Crippen molar-refractivity contribution in [1.29, 1.82) is 10.5 Å². The first kappa shape index (κ1) is 13.8. The van der Waals surface area contributed by atoms with Crippen molar-refractivity contribution >= 4 is 33.4 Å². The van der Waals surface area contributed by atoms with Gasteiger partial charge in [0, 0.05) is 10.7 Å². The highest BCUT2D eigenvalue weighted by Crippen LogP contribution is 2.42. The van der Waals surface area contributed by atoms with Gasteiger partial charge in [-0.2, -0.15) is 10.5 Å². The fraction of sp³-hybridized carbons (Fsp3) is 0.333. The van der Waals surface area contributed by atoms with E-state index in [9.17, 15) is 4.79 Å². The van der Waals surface area contributed by atoms with Gasteiger partial charge in [0.05, 0.1) is 17.7 Å². The first-order valence-corrected chi connectivity index (χ1v) is 6.62. The van der Waals surface area contributed by atoms with Crippen LogP contribution in [0.25, 0.3) is 0 Å². The first-order valence-electron chi connectivity index (χ1n) is 5.45. The molecular formula is C12H8BrClN4O.